The van der Waals surface area contributed by atoms with E-state index in [9.17, 15) is 4.79 Å². The first-order valence-corrected chi connectivity index (χ1v) is 16.0. The molecule has 0 heterocycles. The van der Waals surface area contributed by atoms with Crippen molar-refractivity contribution in [2.45, 2.75) is 162 Å². The smallest absolute Gasteiger partial charge is 0.305 e. The van der Waals surface area contributed by atoms with E-state index in [2.05, 4.69) is 38.1 Å². The molecule has 1 unspecified atom stereocenters. The highest BCUT2D eigenvalue weighted by molar-refractivity contribution is 5.69. The van der Waals surface area contributed by atoms with Crippen LogP contribution < -0.4 is 0 Å². The van der Waals surface area contributed by atoms with Crippen LogP contribution in [0.3, 0.4) is 0 Å². The molecule has 214 valence electrons. The standard InChI is InChI=1S/C33H65NO2/c1-5-7-8-9-21-24-27-32(30-31-34(3)4)28-25-22-19-17-15-13-11-10-12-14-16-18-20-23-26-29-33(35)36-6-2/h10,12,32H,5-9,11,13-31H2,1-4H3/b12-10-. The molecule has 0 aliphatic carbocycles. The van der Waals surface area contributed by atoms with Crippen molar-refractivity contribution in [2.75, 3.05) is 27.2 Å². The number of nitrogens with zero attached hydrogens (tertiary/aromatic N) is 1. The van der Waals surface area contributed by atoms with Gasteiger partial charge in [-0.1, -0.05) is 122 Å². The Morgan fingerprint density at radius 2 is 1.11 bits per heavy atom. The van der Waals surface area contributed by atoms with Crippen LogP contribution in [0.15, 0.2) is 12.2 Å². The van der Waals surface area contributed by atoms with Crippen molar-refractivity contribution in [1.82, 2.24) is 4.90 Å². The number of unbranched alkanes of at least 4 members (excludes halogenated alkanes) is 16. The Morgan fingerprint density at radius 1 is 0.639 bits per heavy atom. The topological polar surface area (TPSA) is 29.5 Å². The van der Waals surface area contributed by atoms with Gasteiger partial charge in [0, 0.05) is 6.42 Å². The molecule has 0 fully saturated rings. The fourth-order valence-corrected chi connectivity index (χ4v) is 5.02. The highest BCUT2D eigenvalue weighted by atomic mass is 16.5. The zero-order valence-electron chi connectivity index (χ0n) is 25.2. The molecule has 3 nitrogen and oxygen atoms in total. The second-order valence-corrected chi connectivity index (χ2v) is 11.3. The monoisotopic (exact) mass is 508 g/mol. The summed E-state index contributed by atoms with van der Waals surface area (Å²) < 4.78 is 4.96. The lowest BCUT2D eigenvalue weighted by molar-refractivity contribution is -0.143. The molecule has 0 bridgehead atoms. The Bertz CT molecular complexity index is 474. The molecule has 36 heavy (non-hydrogen) atoms. The van der Waals surface area contributed by atoms with E-state index in [-0.39, 0.29) is 5.97 Å². The van der Waals surface area contributed by atoms with Gasteiger partial charge in [0.25, 0.3) is 0 Å². The molecule has 0 rings (SSSR count). The quantitative estimate of drug-likeness (QED) is 0.0599. The van der Waals surface area contributed by atoms with E-state index < -0.39 is 0 Å². The minimum absolute atomic E-state index is 0.0384. The van der Waals surface area contributed by atoms with Crippen molar-refractivity contribution in [1.29, 1.82) is 0 Å². The number of esters is 1. The maximum Gasteiger partial charge on any atom is 0.305 e. The highest BCUT2D eigenvalue weighted by Crippen LogP contribution is 2.22. The third-order valence-corrected chi connectivity index (χ3v) is 7.41. The van der Waals surface area contributed by atoms with Crippen molar-refractivity contribution >= 4 is 5.97 Å². The van der Waals surface area contributed by atoms with Gasteiger partial charge in [0.2, 0.25) is 0 Å². The summed E-state index contributed by atoms with van der Waals surface area (Å²) in [7, 11) is 4.44. The number of ether oxygens (including phenoxy) is 1. The Labute approximate surface area is 227 Å². The van der Waals surface area contributed by atoms with Gasteiger partial charge in [-0.3, -0.25) is 4.79 Å². The van der Waals surface area contributed by atoms with Crippen LogP contribution in [-0.2, 0) is 9.53 Å². The SMILES string of the molecule is CCCCCCCCC(CCCCCCCC/C=C\CCCCCCCC(=O)OCC)CCN(C)C. The second-order valence-electron chi connectivity index (χ2n) is 11.3. The zero-order valence-corrected chi connectivity index (χ0v) is 25.2. The van der Waals surface area contributed by atoms with Crippen LogP contribution >= 0.6 is 0 Å². The largest absolute Gasteiger partial charge is 0.466 e. The third-order valence-electron chi connectivity index (χ3n) is 7.41. The summed E-state index contributed by atoms with van der Waals surface area (Å²) in [5.41, 5.74) is 0. The minimum Gasteiger partial charge on any atom is -0.466 e. The van der Waals surface area contributed by atoms with E-state index in [1.54, 1.807) is 0 Å². The molecule has 0 aliphatic heterocycles. The summed E-state index contributed by atoms with van der Waals surface area (Å²) >= 11 is 0. The lowest BCUT2D eigenvalue weighted by Crippen LogP contribution is -2.17. The van der Waals surface area contributed by atoms with Crippen LogP contribution in [0.2, 0.25) is 0 Å². The third kappa shape index (κ3) is 27.8. The van der Waals surface area contributed by atoms with Crippen LogP contribution in [0.5, 0.6) is 0 Å². The van der Waals surface area contributed by atoms with Crippen molar-refractivity contribution in [3.05, 3.63) is 12.2 Å². The lowest BCUT2D eigenvalue weighted by atomic mass is 9.91. The highest BCUT2D eigenvalue weighted by Gasteiger charge is 2.09. The van der Waals surface area contributed by atoms with E-state index in [1.165, 1.54) is 135 Å². The molecule has 1 atom stereocenters. The molecule has 0 amide bonds. The molecule has 0 N–H and O–H groups in total. The maximum atomic E-state index is 11.3. The van der Waals surface area contributed by atoms with Crippen LogP contribution in [0.25, 0.3) is 0 Å². The zero-order chi connectivity index (χ0) is 26.5. The summed E-state index contributed by atoms with van der Waals surface area (Å²) in [6, 6.07) is 0. The fraction of sp³-hybridized carbons (Fsp3) is 0.909. The van der Waals surface area contributed by atoms with Crippen molar-refractivity contribution in [3.63, 3.8) is 0 Å². The van der Waals surface area contributed by atoms with Gasteiger partial charge in [-0.05, 0) is 72.0 Å². The van der Waals surface area contributed by atoms with E-state index in [0.29, 0.717) is 13.0 Å². The van der Waals surface area contributed by atoms with Crippen molar-refractivity contribution < 1.29 is 9.53 Å². The van der Waals surface area contributed by atoms with Gasteiger partial charge < -0.3 is 9.64 Å². The van der Waals surface area contributed by atoms with Crippen LogP contribution in [0.4, 0.5) is 0 Å². The Kier molecular flexibility index (Phi) is 28.1. The molecule has 0 saturated heterocycles. The normalized spacial score (nSPS) is 12.6. The van der Waals surface area contributed by atoms with E-state index >= 15 is 0 Å². The van der Waals surface area contributed by atoms with Gasteiger partial charge in [0.15, 0.2) is 0 Å². The molecule has 0 aromatic rings. The Balaban J connectivity index is 3.55. The van der Waals surface area contributed by atoms with Gasteiger partial charge in [-0.25, -0.2) is 0 Å². The summed E-state index contributed by atoms with van der Waals surface area (Å²) in [6.45, 7) is 5.93. The van der Waals surface area contributed by atoms with Crippen molar-refractivity contribution in [3.8, 4) is 0 Å². The first-order valence-electron chi connectivity index (χ1n) is 16.0. The molecule has 0 aromatic heterocycles. The van der Waals surface area contributed by atoms with Gasteiger partial charge in [0.05, 0.1) is 6.61 Å². The summed E-state index contributed by atoms with van der Waals surface area (Å²) in [5.74, 6) is 0.914. The average molecular weight is 508 g/mol. The molecular formula is C33H65NO2. The number of carbonyl (C=O) groups is 1. The van der Waals surface area contributed by atoms with Crippen molar-refractivity contribution in [2.24, 2.45) is 5.92 Å². The molecular weight excluding hydrogens is 442 g/mol. The molecule has 0 spiro atoms. The van der Waals surface area contributed by atoms with E-state index in [1.807, 2.05) is 6.92 Å². The van der Waals surface area contributed by atoms with E-state index in [0.717, 1.165) is 18.8 Å². The minimum atomic E-state index is -0.0384. The maximum absolute atomic E-state index is 11.3. The predicted molar refractivity (Wildman–Crippen MR) is 160 cm³/mol. The molecule has 0 aromatic carbocycles. The van der Waals surface area contributed by atoms with Gasteiger partial charge in [-0.15, -0.1) is 0 Å². The molecule has 0 radical (unpaired) electrons. The molecule has 3 heteroatoms. The summed E-state index contributed by atoms with van der Waals surface area (Å²) in [6.07, 6.45) is 35.1. The number of hydrogen-bond donors (Lipinski definition) is 0. The molecule has 0 aliphatic rings. The Hall–Kier alpha value is -0.830. The van der Waals surface area contributed by atoms with E-state index in [4.69, 9.17) is 4.74 Å². The molecule has 0 saturated carbocycles. The average Bonchev–Trinajstić information content (AvgIpc) is 2.85. The summed E-state index contributed by atoms with van der Waals surface area (Å²) in [5, 5.41) is 0. The van der Waals surface area contributed by atoms with Crippen LogP contribution in [0.1, 0.15) is 162 Å². The number of hydrogen-bond acceptors (Lipinski definition) is 3. The summed E-state index contributed by atoms with van der Waals surface area (Å²) in [4.78, 5) is 13.6. The lowest BCUT2D eigenvalue weighted by Gasteiger charge is -2.19. The Morgan fingerprint density at radius 3 is 1.61 bits per heavy atom. The predicted octanol–water partition coefficient (Wildman–Crippen LogP) is 10.3. The number of carbonyl (C=O) groups excluding carboxylic acids is 1. The fourth-order valence-electron chi connectivity index (χ4n) is 5.02. The van der Waals surface area contributed by atoms with Crippen LogP contribution in [-0.4, -0.2) is 38.1 Å². The second kappa shape index (κ2) is 28.7. The number of allylic oxidation sites excluding steroid dienone is 2. The number of rotatable bonds is 28. The van der Waals surface area contributed by atoms with Gasteiger partial charge >= 0.3 is 5.97 Å². The van der Waals surface area contributed by atoms with Gasteiger partial charge in [0.1, 0.15) is 0 Å². The first-order chi connectivity index (χ1) is 17.6. The van der Waals surface area contributed by atoms with Crippen LogP contribution in [0, 0.1) is 5.92 Å². The first kappa shape index (κ1) is 35.2. The van der Waals surface area contributed by atoms with Gasteiger partial charge in [-0.2, -0.15) is 0 Å².